The highest BCUT2D eigenvalue weighted by Gasteiger charge is 2.21. The second-order valence-corrected chi connectivity index (χ2v) is 8.08. The van der Waals surface area contributed by atoms with Crippen LogP contribution in [0.3, 0.4) is 0 Å². The van der Waals surface area contributed by atoms with Crippen LogP contribution >= 0.6 is 0 Å². The van der Waals surface area contributed by atoms with Crippen molar-refractivity contribution in [3.8, 4) is 11.5 Å². The van der Waals surface area contributed by atoms with Gasteiger partial charge in [-0.3, -0.25) is 9.59 Å². The standard InChI is InChI=1S/C24H29N3O4/c1-3-16(2)25-24(29)19-14-18(8-9-20(19)27-11-5-4-6-12-27)26-23(28)17-7-10-21-22(13-17)31-15-30-21/h7-10,13-14,16H,3-6,11-12,15H2,1-2H3,(H,25,29)(H,26,28). The van der Waals surface area contributed by atoms with E-state index >= 15 is 0 Å². The SMILES string of the molecule is CCC(C)NC(=O)c1cc(NC(=O)c2ccc3c(c2)OCO3)ccc1N1CCCCC1. The summed E-state index contributed by atoms with van der Waals surface area (Å²) in [5.41, 5.74) is 2.56. The molecule has 7 heteroatoms. The van der Waals surface area contributed by atoms with E-state index in [1.54, 1.807) is 24.3 Å². The van der Waals surface area contributed by atoms with Crippen molar-refractivity contribution in [2.24, 2.45) is 0 Å². The summed E-state index contributed by atoms with van der Waals surface area (Å²) >= 11 is 0. The van der Waals surface area contributed by atoms with Gasteiger partial charge in [-0.2, -0.15) is 0 Å². The quantitative estimate of drug-likeness (QED) is 0.728. The van der Waals surface area contributed by atoms with E-state index < -0.39 is 0 Å². The van der Waals surface area contributed by atoms with E-state index in [1.807, 2.05) is 26.0 Å². The lowest BCUT2D eigenvalue weighted by atomic mass is 10.0. The number of rotatable bonds is 6. The van der Waals surface area contributed by atoms with Crippen molar-refractivity contribution >= 4 is 23.2 Å². The molecule has 0 aromatic heterocycles. The summed E-state index contributed by atoms with van der Waals surface area (Å²) in [6.07, 6.45) is 4.31. The van der Waals surface area contributed by atoms with Gasteiger partial charge in [0.1, 0.15) is 0 Å². The van der Waals surface area contributed by atoms with Crippen LogP contribution in [-0.4, -0.2) is 37.7 Å². The Kier molecular flexibility index (Phi) is 6.30. The number of carbonyl (C=O) groups is 2. The Balaban J connectivity index is 1.58. The third-order valence-corrected chi connectivity index (χ3v) is 5.82. The molecular formula is C24H29N3O4. The molecule has 2 heterocycles. The molecule has 2 amide bonds. The lowest BCUT2D eigenvalue weighted by Crippen LogP contribution is -2.35. The van der Waals surface area contributed by atoms with Gasteiger partial charge in [-0.1, -0.05) is 6.92 Å². The zero-order valence-electron chi connectivity index (χ0n) is 18.1. The second kappa shape index (κ2) is 9.29. The van der Waals surface area contributed by atoms with E-state index in [9.17, 15) is 9.59 Å². The van der Waals surface area contributed by atoms with Crippen LogP contribution in [0.5, 0.6) is 11.5 Å². The summed E-state index contributed by atoms with van der Waals surface area (Å²) in [5, 5.41) is 5.97. The number of hydrogen-bond acceptors (Lipinski definition) is 5. The fourth-order valence-electron chi connectivity index (χ4n) is 3.85. The predicted octanol–water partition coefficient (Wildman–Crippen LogP) is 4.19. The Morgan fingerprint density at radius 2 is 1.77 bits per heavy atom. The molecule has 0 saturated carbocycles. The molecule has 164 valence electrons. The lowest BCUT2D eigenvalue weighted by Gasteiger charge is -2.31. The molecule has 2 aliphatic rings. The smallest absolute Gasteiger partial charge is 0.255 e. The van der Waals surface area contributed by atoms with Gasteiger partial charge in [0, 0.05) is 36.1 Å². The molecule has 0 aliphatic carbocycles. The first-order valence-corrected chi connectivity index (χ1v) is 11.0. The van der Waals surface area contributed by atoms with Crippen molar-refractivity contribution < 1.29 is 19.1 Å². The topological polar surface area (TPSA) is 79.9 Å². The molecule has 2 aromatic rings. The maximum Gasteiger partial charge on any atom is 0.255 e. The molecule has 2 N–H and O–H groups in total. The molecule has 0 spiro atoms. The summed E-state index contributed by atoms with van der Waals surface area (Å²) < 4.78 is 10.7. The van der Waals surface area contributed by atoms with Crippen molar-refractivity contribution in [1.29, 1.82) is 0 Å². The van der Waals surface area contributed by atoms with E-state index in [2.05, 4.69) is 15.5 Å². The van der Waals surface area contributed by atoms with Gasteiger partial charge in [-0.05, 0) is 69.0 Å². The number of ether oxygens (including phenoxy) is 2. The maximum atomic E-state index is 13.0. The molecule has 4 rings (SSSR count). The highest BCUT2D eigenvalue weighted by molar-refractivity contribution is 6.06. The first kappa shape index (κ1) is 21.0. The van der Waals surface area contributed by atoms with Crippen LogP contribution in [0.25, 0.3) is 0 Å². The zero-order chi connectivity index (χ0) is 21.8. The first-order chi connectivity index (χ1) is 15.0. The molecule has 2 aliphatic heterocycles. The van der Waals surface area contributed by atoms with E-state index in [-0.39, 0.29) is 24.6 Å². The summed E-state index contributed by atoms with van der Waals surface area (Å²) in [6.45, 7) is 6.06. The molecule has 31 heavy (non-hydrogen) atoms. The molecule has 0 radical (unpaired) electrons. The Hall–Kier alpha value is -3.22. The van der Waals surface area contributed by atoms with Crippen LogP contribution in [-0.2, 0) is 0 Å². The molecule has 7 nitrogen and oxygen atoms in total. The van der Waals surface area contributed by atoms with E-state index in [1.165, 1.54) is 6.42 Å². The lowest BCUT2D eigenvalue weighted by molar-refractivity contribution is 0.0938. The molecule has 1 saturated heterocycles. The average Bonchev–Trinajstić information content (AvgIpc) is 3.27. The van der Waals surface area contributed by atoms with Gasteiger partial charge >= 0.3 is 0 Å². The maximum absolute atomic E-state index is 13.0. The van der Waals surface area contributed by atoms with E-state index in [0.717, 1.165) is 38.0 Å². The zero-order valence-corrected chi connectivity index (χ0v) is 18.1. The fourth-order valence-corrected chi connectivity index (χ4v) is 3.85. The number of fused-ring (bicyclic) bond motifs is 1. The van der Waals surface area contributed by atoms with Gasteiger partial charge in [-0.25, -0.2) is 0 Å². The Labute approximate surface area is 182 Å². The largest absolute Gasteiger partial charge is 0.454 e. The van der Waals surface area contributed by atoms with Crippen molar-refractivity contribution in [3.63, 3.8) is 0 Å². The minimum Gasteiger partial charge on any atom is -0.454 e. The second-order valence-electron chi connectivity index (χ2n) is 8.08. The van der Waals surface area contributed by atoms with Crippen molar-refractivity contribution in [1.82, 2.24) is 5.32 Å². The van der Waals surface area contributed by atoms with Gasteiger partial charge in [0.05, 0.1) is 5.56 Å². The fraction of sp³-hybridized carbons (Fsp3) is 0.417. The van der Waals surface area contributed by atoms with Crippen LogP contribution in [0.4, 0.5) is 11.4 Å². The number of anilines is 2. The minimum absolute atomic E-state index is 0.0774. The van der Waals surface area contributed by atoms with Gasteiger partial charge in [0.2, 0.25) is 6.79 Å². The first-order valence-electron chi connectivity index (χ1n) is 11.0. The minimum atomic E-state index is -0.266. The van der Waals surface area contributed by atoms with Gasteiger partial charge in [-0.15, -0.1) is 0 Å². The average molecular weight is 424 g/mol. The van der Waals surface area contributed by atoms with Crippen molar-refractivity contribution in [2.45, 2.75) is 45.6 Å². The number of amides is 2. The van der Waals surface area contributed by atoms with Crippen LogP contribution in [0.2, 0.25) is 0 Å². The number of carbonyl (C=O) groups excluding carboxylic acids is 2. The third-order valence-electron chi connectivity index (χ3n) is 5.82. The summed E-state index contributed by atoms with van der Waals surface area (Å²) in [7, 11) is 0. The normalized spacial score (nSPS) is 16.0. The van der Waals surface area contributed by atoms with Crippen LogP contribution in [0.1, 0.15) is 60.2 Å². The molecule has 2 aromatic carbocycles. The molecule has 1 unspecified atom stereocenters. The van der Waals surface area contributed by atoms with E-state index in [4.69, 9.17) is 9.47 Å². The van der Waals surface area contributed by atoms with Crippen molar-refractivity contribution in [2.75, 3.05) is 30.1 Å². The molecule has 1 fully saturated rings. The van der Waals surface area contributed by atoms with Gasteiger partial charge in [0.15, 0.2) is 11.5 Å². The summed E-state index contributed by atoms with van der Waals surface area (Å²) in [6, 6.07) is 10.7. The van der Waals surface area contributed by atoms with E-state index in [0.29, 0.717) is 28.3 Å². The van der Waals surface area contributed by atoms with Crippen LogP contribution < -0.4 is 25.0 Å². The molecular weight excluding hydrogens is 394 g/mol. The highest BCUT2D eigenvalue weighted by Crippen LogP contribution is 2.33. The van der Waals surface area contributed by atoms with Gasteiger partial charge < -0.3 is 25.0 Å². The number of nitrogens with zero attached hydrogens (tertiary/aromatic N) is 1. The number of hydrogen-bond donors (Lipinski definition) is 2. The Bertz CT molecular complexity index is 969. The summed E-state index contributed by atoms with van der Waals surface area (Å²) in [4.78, 5) is 28.1. The monoisotopic (exact) mass is 423 g/mol. The number of nitrogens with one attached hydrogen (secondary N) is 2. The van der Waals surface area contributed by atoms with Crippen LogP contribution in [0.15, 0.2) is 36.4 Å². The molecule has 0 bridgehead atoms. The number of benzene rings is 2. The number of piperidine rings is 1. The molecule has 1 atom stereocenters. The third kappa shape index (κ3) is 4.76. The van der Waals surface area contributed by atoms with Gasteiger partial charge in [0.25, 0.3) is 11.8 Å². The Morgan fingerprint density at radius 3 is 2.55 bits per heavy atom. The highest BCUT2D eigenvalue weighted by atomic mass is 16.7. The predicted molar refractivity (Wildman–Crippen MR) is 120 cm³/mol. The Morgan fingerprint density at radius 1 is 1.00 bits per heavy atom. The van der Waals surface area contributed by atoms with Crippen LogP contribution in [0, 0.1) is 0 Å². The van der Waals surface area contributed by atoms with Crippen molar-refractivity contribution in [3.05, 3.63) is 47.5 Å². The summed E-state index contributed by atoms with van der Waals surface area (Å²) in [5.74, 6) is 0.805.